The molecule has 1 atom stereocenters. The quantitative estimate of drug-likeness (QED) is 0.440. The molecular weight excluding hydrogens is 442 g/mol. The van der Waals surface area contributed by atoms with Crippen molar-refractivity contribution in [3.63, 3.8) is 0 Å². The van der Waals surface area contributed by atoms with Crippen LogP contribution in [0.4, 0.5) is 11.4 Å². The summed E-state index contributed by atoms with van der Waals surface area (Å²) in [5.74, 6) is -0.498. The van der Waals surface area contributed by atoms with Gasteiger partial charge < -0.3 is 20.1 Å². The molecule has 1 aliphatic rings. The summed E-state index contributed by atoms with van der Waals surface area (Å²) < 4.78 is 34.7. The Morgan fingerprint density at radius 1 is 1.29 bits per heavy atom. The molecule has 0 amide bonds. The molecule has 8 nitrogen and oxygen atoms in total. The molecule has 4 rings (SSSR count). The molecule has 1 aromatic heterocycles. The molecule has 31 heavy (non-hydrogen) atoms. The van der Waals surface area contributed by atoms with Crippen LogP contribution in [0.1, 0.15) is 22.0 Å². The number of methoxy groups -OCH3 is 1. The van der Waals surface area contributed by atoms with E-state index in [1.54, 1.807) is 36.5 Å². The Labute approximate surface area is 183 Å². The lowest BCUT2D eigenvalue weighted by molar-refractivity contribution is 0.0280. The predicted octanol–water partition coefficient (Wildman–Crippen LogP) is 3.35. The molecule has 1 fully saturated rings. The molecule has 162 valence electrons. The molecule has 0 saturated carbocycles. The number of halogens is 1. The Morgan fingerprint density at radius 2 is 2.10 bits per heavy atom. The van der Waals surface area contributed by atoms with Crippen molar-refractivity contribution in [2.24, 2.45) is 0 Å². The van der Waals surface area contributed by atoms with Crippen LogP contribution in [-0.2, 0) is 18.5 Å². The van der Waals surface area contributed by atoms with E-state index >= 15 is 0 Å². The minimum Gasteiger partial charge on any atom is -0.465 e. The number of nitrogens with zero attached hydrogens (tertiary/aromatic N) is 1. The number of carbonyl (C=O) groups excluding carboxylic acids is 1. The number of ether oxygens (including phenoxy) is 2. The molecule has 2 N–H and O–H groups in total. The zero-order chi connectivity index (χ0) is 22.0. The number of anilines is 2. The van der Waals surface area contributed by atoms with Crippen molar-refractivity contribution in [2.45, 2.75) is 11.0 Å². The predicted molar refractivity (Wildman–Crippen MR) is 117 cm³/mol. The largest absolute Gasteiger partial charge is 0.465 e. The van der Waals surface area contributed by atoms with Crippen molar-refractivity contribution < 1.29 is 22.7 Å². The van der Waals surface area contributed by atoms with Crippen LogP contribution in [0.15, 0.2) is 53.6 Å². The average Bonchev–Trinajstić information content (AvgIpc) is 2.78. The van der Waals surface area contributed by atoms with E-state index in [9.17, 15) is 13.2 Å². The second-order valence-electron chi connectivity index (χ2n) is 6.93. The summed E-state index contributed by atoms with van der Waals surface area (Å²) >= 11 is 0. The van der Waals surface area contributed by atoms with Gasteiger partial charge in [-0.1, -0.05) is 12.1 Å². The average molecular weight is 462 g/mol. The molecule has 0 radical (unpaired) electrons. The molecular formula is C21H20ClN3O5S. The highest BCUT2D eigenvalue weighted by Gasteiger charge is 2.23. The van der Waals surface area contributed by atoms with Crippen LogP contribution in [0.25, 0.3) is 10.9 Å². The van der Waals surface area contributed by atoms with Crippen molar-refractivity contribution in [3.8, 4) is 0 Å². The van der Waals surface area contributed by atoms with Gasteiger partial charge in [-0.2, -0.15) is 0 Å². The Hall–Kier alpha value is -2.72. The van der Waals surface area contributed by atoms with Crippen LogP contribution >= 0.6 is 10.7 Å². The Balaban J connectivity index is 1.93. The third-order valence-electron chi connectivity index (χ3n) is 5.02. The zero-order valence-corrected chi connectivity index (χ0v) is 18.2. The van der Waals surface area contributed by atoms with Gasteiger partial charge >= 0.3 is 5.97 Å². The third-order valence-corrected chi connectivity index (χ3v) is 6.37. The van der Waals surface area contributed by atoms with Gasteiger partial charge in [0.25, 0.3) is 9.05 Å². The summed E-state index contributed by atoms with van der Waals surface area (Å²) in [5.41, 5.74) is 2.71. The number of morpholine rings is 1. The highest BCUT2D eigenvalue weighted by Crippen LogP contribution is 2.36. The fourth-order valence-corrected chi connectivity index (χ4v) is 4.28. The van der Waals surface area contributed by atoms with Crippen molar-refractivity contribution in [1.82, 2.24) is 10.3 Å². The number of carbonyl (C=O) groups is 1. The second-order valence-corrected chi connectivity index (χ2v) is 9.50. The molecule has 0 spiro atoms. The van der Waals surface area contributed by atoms with E-state index in [-0.39, 0.29) is 11.0 Å². The van der Waals surface area contributed by atoms with Crippen molar-refractivity contribution in [2.75, 3.05) is 32.1 Å². The minimum absolute atomic E-state index is 0.0485. The number of aromatic nitrogens is 1. The van der Waals surface area contributed by atoms with Gasteiger partial charge in [-0.05, 0) is 30.3 Å². The van der Waals surface area contributed by atoms with E-state index in [1.165, 1.54) is 19.2 Å². The lowest BCUT2D eigenvalue weighted by Gasteiger charge is -2.27. The monoisotopic (exact) mass is 461 g/mol. The van der Waals surface area contributed by atoms with E-state index in [2.05, 4.69) is 15.6 Å². The normalized spacial score (nSPS) is 16.8. The Morgan fingerprint density at radius 3 is 2.81 bits per heavy atom. The second kappa shape index (κ2) is 8.80. The van der Waals surface area contributed by atoms with E-state index in [0.717, 1.165) is 12.1 Å². The summed E-state index contributed by atoms with van der Waals surface area (Å²) in [4.78, 5) is 16.7. The lowest BCUT2D eigenvalue weighted by atomic mass is 10.0. The highest BCUT2D eigenvalue weighted by atomic mass is 35.7. The number of pyridine rings is 1. The summed E-state index contributed by atoms with van der Waals surface area (Å²) in [6.45, 7) is 1.82. The molecule has 0 aliphatic carbocycles. The first-order chi connectivity index (χ1) is 14.9. The number of para-hydroxylation sites is 1. The molecule has 1 saturated heterocycles. The van der Waals surface area contributed by atoms with Crippen LogP contribution in [0, 0.1) is 0 Å². The maximum absolute atomic E-state index is 12.3. The molecule has 3 aromatic rings. The van der Waals surface area contributed by atoms with Crippen LogP contribution in [-0.4, -0.2) is 46.2 Å². The lowest BCUT2D eigenvalue weighted by Crippen LogP contribution is -2.33. The van der Waals surface area contributed by atoms with Crippen LogP contribution in [0.3, 0.4) is 0 Å². The molecule has 2 aromatic carbocycles. The molecule has 0 bridgehead atoms. The van der Waals surface area contributed by atoms with Gasteiger partial charge in [0.2, 0.25) is 0 Å². The fraction of sp³-hybridized carbons (Fsp3) is 0.238. The fourth-order valence-electron chi connectivity index (χ4n) is 3.50. The van der Waals surface area contributed by atoms with Crippen LogP contribution in [0.2, 0.25) is 0 Å². The molecule has 10 heteroatoms. The van der Waals surface area contributed by atoms with Gasteiger partial charge in [-0.3, -0.25) is 4.98 Å². The number of hydrogen-bond donors (Lipinski definition) is 2. The summed E-state index contributed by atoms with van der Waals surface area (Å²) in [6.07, 6.45) is 1.38. The number of fused-ring (bicyclic) bond motifs is 1. The number of hydrogen-bond acceptors (Lipinski definition) is 8. The maximum Gasteiger partial charge on any atom is 0.339 e. The van der Waals surface area contributed by atoms with Crippen LogP contribution < -0.4 is 10.6 Å². The summed E-state index contributed by atoms with van der Waals surface area (Å²) in [7, 11) is 2.94. The van der Waals surface area contributed by atoms with Gasteiger partial charge in [0, 0.05) is 40.9 Å². The van der Waals surface area contributed by atoms with Gasteiger partial charge in [0.15, 0.2) is 0 Å². The van der Waals surface area contributed by atoms with Crippen molar-refractivity contribution >= 4 is 48.0 Å². The first-order valence-electron chi connectivity index (χ1n) is 9.52. The van der Waals surface area contributed by atoms with Crippen LogP contribution in [0.5, 0.6) is 0 Å². The van der Waals surface area contributed by atoms with Gasteiger partial charge in [0.1, 0.15) is 0 Å². The van der Waals surface area contributed by atoms with Gasteiger partial charge in [-0.15, -0.1) is 0 Å². The maximum atomic E-state index is 12.3. The highest BCUT2D eigenvalue weighted by molar-refractivity contribution is 8.13. The number of nitrogens with one attached hydrogen (secondary N) is 2. The van der Waals surface area contributed by atoms with E-state index < -0.39 is 15.0 Å². The first kappa shape index (κ1) is 21.5. The topological polar surface area (TPSA) is 107 Å². The molecule has 1 aliphatic heterocycles. The van der Waals surface area contributed by atoms with Crippen molar-refractivity contribution in [1.29, 1.82) is 0 Å². The molecule has 2 heterocycles. The van der Waals surface area contributed by atoms with E-state index in [0.29, 0.717) is 41.0 Å². The smallest absolute Gasteiger partial charge is 0.339 e. The van der Waals surface area contributed by atoms with Gasteiger partial charge in [-0.25, -0.2) is 13.2 Å². The Kier molecular flexibility index (Phi) is 6.10. The SMILES string of the molecule is COC(=O)c1ccccc1Nc1c(C2CNCCO2)cnc2ccc(S(=O)(=O)Cl)cc12. The number of benzene rings is 2. The third kappa shape index (κ3) is 4.49. The van der Waals surface area contributed by atoms with Gasteiger partial charge in [0.05, 0.1) is 47.2 Å². The minimum atomic E-state index is -3.95. The summed E-state index contributed by atoms with van der Waals surface area (Å²) in [6, 6.07) is 11.4. The van der Waals surface area contributed by atoms with Crippen molar-refractivity contribution in [3.05, 3.63) is 59.8 Å². The number of rotatable bonds is 5. The number of esters is 1. The molecule has 1 unspecified atom stereocenters. The van der Waals surface area contributed by atoms with E-state index in [1.807, 2.05) is 0 Å². The Bertz CT molecular complexity index is 1240. The first-order valence-corrected chi connectivity index (χ1v) is 11.8. The zero-order valence-electron chi connectivity index (χ0n) is 16.6. The summed E-state index contributed by atoms with van der Waals surface area (Å²) in [5, 5.41) is 7.10. The van der Waals surface area contributed by atoms with E-state index in [4.69, 9.17) is 20.2 Å². The standard InChI is InChI=1S/C21H20ClN3O5S/c1-29-21(26)14-4-2-3-5-18(14)25-20-15-10-13(31(22,27)28)6-7-17(15)24-11-16(20)19-12-23-8-9-30-19/h2-7,10-11,19,23H,8-9,12H2,1H3,(H,24,25).